The highest BCUT2D eigenvalue weighted by molar-refractivity contribution is 5.53. The van der Waals surface area contributed by atoms with Crippen LogP contribution in [0.1, 0.15) is 49.7 Å². The minimum Gasteiger partial charge on any atom is -0.502 e. The maximum absolute atomic E-state index is 5.17. The van der Waals surface area contributed by atoms with Gasteiger partial charge in [0, 0.05) is 0 Å². The zero-order valence-corrected chi connectivity index (χ0v) is 21.7. The lowest BCUT2D eigenvalue weighted by Gasteiger charge is -2.31. The van der Waals surface area contributed by atoms with E-state index in [-0.39, 0.29) is 0 Å². The molecule has 2 saturated carbocycles. The zero-order valence-electron chi connectivity index (χ0n) is 21.7. The van der Waals surface area contributed by atoms with Crippen molar-refractivity contribution in [2.24, 2.45) is 29.6 Å². The van der Waals surface area contributed by atoms with E-state index in [0.29, 0.717) is 29.6 Å². The van der Waals surface area contributed by atoms with Gasteiger partial charge in [-0.1, -0.05) is 81.0 Å². The SMILES string of the molecule is C=CC1CCC(C=C)C(C=C)C1.C=COCC1CCC(COC=C)C1.C=Cc1ccc(C=C)cc1. The predicted octanol–water partition coefficient (Wildman–Crippen LogP) is 9.27. The van der Waals surface area contributed by atoms with Crippen LogP contribution < -0.4 is 0 Å². The van der Waals surface area contributed by atoms with Gasteiger partial charge in [-0.05, 0) is 79.2 Å². The molecule has 2 heteroatoms. The summed E-state index contributed by atoms with van der Waals surface area (Å²) in [5.74, 6) is 3.36. The maximum atomic E-state index is 5.17. The summed E-state index contributed by atoms with van der Waals surface area (Å²) < 4.78 is 10.3. The molecule has 0 amide bonds. The molecule has 2 fully saturated rings. The summed E-state index contributed by atoms with van der Waals surface area (Å²) in [4.78, 5) is 0. The number of hydrogen-bond donors (Lipinski definition) is 0. The van der Waals surface area contributed by atoms with E-state index in [1.165, 1.54) is 51.0 Å². The Morgan fingerprint density at radius 1 is 0.600 bits per heavy atom. The number of ether oxygens (including phenoxy) is 2. The standard InChI is InChI=1S/C12H18.C11H18O2.C10H10/c1-4-10-7-8-11(5-2)12(6-3)9-10;1-3-12-8-10-5-6-11(7-10)9-13-4-2;1-3-9-5-7-10(4-2)8-6-9/h4-6,10-12H,1-3,7-9H2;3-4,10-11H,1-2,5-9H2;3-8H,1-2H2. The molecule has 190 valence electrons. The normalized spacial score (nSPS) is 24.6. The van der Waals surface area contributed by atoms with Gasteiger partial charge in [0.05, 0.1) is 25.7 Å². The molecule has 0 spiro atoms. The van der Waals surface area contributed by atoms with Gasteiger partial charge in [-0.25, -0.2) is 0 Å². The second kappa shape index (κ2) is 18.3. The van der Waals surface area contributed by atoms with Crippen molar-refractivity contribution in [1.29, 1.82) is 0 Å². The highest BCUT2D eigenvalue weighted by Crippen LogP contribution is 2.35. The zero-order chi connectivity index (χ0) is 25.9. The second-order valence-electron chi connectivity index (χ2n) is 9.23. The van der Waals surface area contributed by atoms with Gasteiger partial charge in [-0.3, -0.25) is 0 Å². The highest BCUT2D eigenvalue weighted by Gasteiger charge is 2.25. The fourth-order valence-corrected chi connectivity index (χ4v) is 4.70. The van der Waals surface area contributed by atoms with E-state index >= 15 is 0 Å². The number of hydrogen-bond acceptors (Lipinski definition) is 2. The van der Waals surface area contributed by atoms with E-state index in [1.54, 1.807) is 0 Å². The van der Waals surface area contributed by atoms with Crippen LogP contribution >= 0.6 is 0 Å². The van der Waals surface area contributed by atoms with Crippen molar-refractivity contribution in [3.63, 3.8) is 0 Å². The van der Waals surface area contributed by atoms with Crippen molar-refractivity contribution in [2.75, 3.05) is 13.2 Å². The number of benzene rings is 1. The molecule has 0 aliphatic heterocycles. The molecule has 5 atom stereocenters. The third-order valence-electron chi connectivity index (χ3n) is 6.89. The molecule has 0 saturated heterocycles. The summed E-state index contributed by atoms with van der Waals surface area (Å²) in [7, 11) is 0. The first-order chi connectivity index (χ1) is 17.0. The molecule has 2 aliphatic carbocycles. The minimum absolute atomic E-state index is 0.624. The Kier molecular flexibility index (Phi) is 15.7. The first kappa shape index (κ1) is 30.0. The Hall–Kier alpha value is -3.00. The molecule has 0 N–H and O–H groups in total. The molecule has 2 nitrogen and oxygen atoms in total. The molecule has 3 rings (SSSR count). The summed E-state index contributed by atoms with van der Waals surface area (Å²) in [6.45, 7) is 27.6. The first-order valence-electron chi connectivity index (χ1n) is 12.7. The van der Waals surface area contributed by atoms with Crippen LogP contribution in [0.2, 0.25) is 0 Å². The predicted molar refractivity (Wildman–Crippen MR) is 155 cm³/mol. The van der Waals surface area contributed by atoms with Crippen LogP contribution in [0.15, 0.2) is 101 Å². The van der Waals surface area contributed by atoms with Crippen LogP contribution in [-0.4, -0.2) is 13.2 Å². The molecule has 1 aromatic rings. The minimum atomic E-state index is 0.624. The van der Waals surface area contributed by atoms with E-state index in [1.807, 2.05) is 36.4 Å². The Labute approximate surface area is 215 Å². The Morgan fingerprint density at radius 2 is 1.09 bits per heavy atom. The van der Waals surface area contributed by atoms with Crippen LogP contribution in [0.5, 0.6) is 0 Å². The second-order valence-corrected chi connectivity index (χ2v) is 9.23. The number of rotatable bonds is 11. The van der Waals surface area contributed by atoms with Crippen LogP contribution in [0.3, 0.4) is 0 Å². The van der Waals surface area contributed by atoms with Gasteiger partial charge in [-0.2, -0.15) is 0 Å². The van der Waals surface area contributed by atoms with E-state index in [4.69, 9.17) is 9.47 Å². The van der Waals surface area contributed by atoms with Crippen LogP contribution in [-0.2, 0) is 9.47 Å². The smallest absolute Gasteiger partial charge is 0.0901 e. The molecule has 1 aromatic carbocycles. The van der Waals surface area contributed by atoms with Crippen molar-refractivity contribution in [3.05, 3.63) is 112 Å². The molecule has 0 aromatic heterocycles. The van der Waals surface area contributed by atoms with Crippen molar-refractivity contribution >= 4 is 12.2 Å². The van der Waals surface area contributed by atoms with Gasteiger partial charge in [0.25, 0.3) is 0 Å². The van der Waals surface area contributed by atoms with Crippen molar-refractivity contribution < 1.29 is 9.47 Å². The summed E-state index contributed by atoms with van der Waals surface area (Å²) in [6, 6.07) is 8.07. The van der Waals surface area contributed by atoms with Crippen LogP contribution in [0.25, 0.3) is 12.2 Å². The third-order valence-corrected chi connectivity index (χ3v) is 6.89. The van der Waals surface area contributed by atoms with Crippen molar-refractivity contribution in [2.45, 2.75) is 38.5 Å². The molecule has 0 heterocycles. The summed E-state index contributed by atoms with van der Waals surface area (Å²) in [5, 5.41) is 0. The van der Waals surface area contributed by atoms with E-state index in [9.17, 15) is 0 Å². The van der Waals surface area contributed by atoms with Gasteiger partial charge in [0.15, 0.2) is 0 Å². The Balaban J connectivity index is 0.000000265. The fourth-order valence-electron chi connectivity index (χ4n) is 4.70. The molecular formula is C33H46O2. The Morgan fingerprint density at radius 3 is 1.46 bits per heavy atom. The third kappa shape index (κ3) is 11.8. The van der Waals surface area contributed by atoms with Gasteiger partial charge >= 0.3 is 0 Å². The summed E-state index contributed by atoms with van der Waals surface area (Å²) in [6.07, 6.45) is 20.4. The topological polar surface area (TPSA) is 18.5 Å². The molecule has 5 unspecified atom stereocenters. The lowest BCUT2D eigenvalue weighted by Crippen LogP contribution is -2.20. The molecule has 0 radical (unpaired) electrons. The highest BCUT2D eigenvalue weighted by atomic mass is 16.5. The van der Waals surface area contributed by atoms with Crippen LogP contribution in [0, 0.1) is 29.6 Å². The van der Waals surface area contributed by atoms with Gasteiger partial charge in [0.1, 0.15) is 0 Å². The van der Waals surface area contributed by atoms with Gasteiger partial charge in [0.2, 0.25) is 0 Å². The van der Waals surface area contributed by atoms with E-state index < -0.39 is 0 Å². The Bertz CT molecular complexity index is 743. The van der Waals surface area contributed by atoms with Crippen molar-refractivity contribution in [1.82, 2.24) is 0 Å². The molecular weight excluding hydrogens is 428 g/mol. The molecule has 0 bridgehead atoms. The largest absolute Gasteiger partial charge is 0.502 e. The molecule has 35 heavy (non-hydrogen) atoms. The average molecular weight is 475 g/mol. The summed E-state index contributed by atoms with van der Waals surface area (Å²) >= 11 is 0. The quantitative estimate of drug-likeness (QED) is 0.235. The van der Waals surface area contributed by atoms with Crippen molar-refractivity contribution in [3.8, 4) is 0 Å². The summed E-state index contributed by atoms with van der Waals surface area (Å²) in [5.41, 5.74) is 2.29. The maximum Gasteiger partial charge on any atom is 0.0901 e. The average Bonchev–Trinajstić information content (AvgIpc) is 3.38. The lowest BCUT2D eigenvalue weighted by atomic mass is 9.74. The van der Waals surface area contributed by atoms with E-state index in [2.05, 4.69) is 64.3 Å². The lowest BCUT2D eigenvalue weighted by molar-refractivity contribution is 0.174. The van der Waals surface area contributed by atoms with Crippen LogP contribution in [0.4, 0.5) is 0 Å². The number of allylic oxidation sites excluding steroid dienone is 3. The molecule has 2 aliphatic rings. The van der Waals surface area contributed by atoms with Gasteiger partial charge < -0.3 is 9.47 Å². The fraction of sp³-hybridized carbons (Fsp3) is 0.394. The first-order valence-corrected chi connectivity index (χ1v) is 12.7. The monoisotopic (exact) mass is 474 g/mol. The van der Waals surface area contributed by atoms with Gasteiger partial charge in [-0.15, -0.1) is 19.7 Å². The van der Waals surface area contributed by atoms with E-state index in [0.717, 1.165) is 24.3 Å².